The number of nitrogens with two attached hydrogens (primary N) is 1. The van der Waals surface area contributed by atoms with Crippen LogP contribution in [0.25, 0.3) is 0 Å². The highest BCUT2D eigenvalue weighted by atomic mass is 79.9. The fourth-order valence-corrected chi connectivity index (χ4v) is 1.93. The highest BCUT2D eigenvalue weighted by Gasteiger charge is 2.23. The van der Waals surface area contributed by atoms with Gasteiger partial charge in [-0.2, -0.15) is 5.10 Å². The van der Waals surface area contributed by atoms with Crippen LogP contribution in [0.15, 0.2) is 10.7 Å². The van der Waals surface area contributed by atoms with Gasteiger partial charge < -0.3 is 15.2 Å². The smallest absolute Gasteiger partial charge is 0.177 e. The largest absolute Gasteiger partial charge is 0.354 e. The Morgan fingerprint density at radius 3 is 2.43 bits per heavy atom. The average Bonchev–Trinajstić information content (AvgIpc) is 2.48. The third kappa shape index (κ3) is 2.14. The highest BCUT2D eigenvalue weighted by molar-refractivity contribution is 9.10. The number of methoxy groups -OCH3 is 2. The van der Waals surface area contributed by atoms with E-state index in [4.69, 9.17) is 15.2 Å². The molecule has 0 saturated carbocycles. The van der Waals surface area contributed by atoms with Crippen LogP contribution in [0.2, 0.25) is 0 Å². The van der Waals surface area contributed by atoms with Crippen molar-refractivity contribution in [3.8, 4) is 0 Å². The van der Waals surface area contributed by atoms with Gasteiger partial charge >= 0.3 is 0 Å². The molecule has 1 aromatic heterocycles. The zero-order chi connectivity index (χ0) is 10.7. The van der Waals surface area contributed by atoms with Crippen LogP contribution in [0.5, 0.6) is 0 Å². The Hall–Kier alpha value is -0.430. The molecule has 0 fully saturated rings. The lowest BCUT2D eigenvalue weighted by molar-refractivity contribution is -0.118. The van der Waals surface area contributed by atoms with Gasteiger partial charge in [-0.1, -0.05) is 0 Å². The quantitative estimate of drug-likeness (QED) is 0.817. The molecule has 5 nitrogen and oxygen atoms in total. The summed E-state index contributed by atoms with van der Waals surface area (Å²) in [5.41, 5.74) is 6.81. The van der Waals surface area contributed by atoms with Crippen LogP contribution >= 0.6 is 15.9 Å². The van der Waals surface area contributed by atoms with Gasteiger partial charge in [-0.3, -0.25) is 4.68 Å². The maximum Gasteiger partial charge on any atom is 0.177 e. The summed E-state index contributed by atoms with van der Waals surface area (Å²) in [6.45, 7) is 0. The number of hydrogen-bond donors (Lipinski definition) is 1. The number of aromatic nitrogens is 2. The van der Waals surface area contributed by atoms with Crippen molar-refractivity contribution >= 4 is 15.9 Å². The third-order valence-electron chi connectivity index (χ3n) is 2.01. The summed E-state index contributed by atoms with van der Waals surface area (Å²) in [6, 6.07) is -0.369. The number of aryl methyl sites for hydroxylation is 1. The molecule has 0 spiro atoms. The molecule has 0 aliphatic heterocycles. The minimum absolute atomic E-state index is 0.369. The van der Waals surface area contributed by atoms with Crippen molar-refractivity contribution in [1.82, 2.24) is 9.78 Å². The Bertz CT molecular complexity index is 279. The molecule has 0 bridgehead atoms. The predicted molar refractivity (Wildman–Crippen MR) is 55.6 cm³/mol. The maximum atomic E-state index is 5.97. The molecule has 0 amide bonds. The zero-order valence-electron chi connectivity index (χ0n) is 8.40. The highest BCUT2D eigenvalue weighted by Crippen LogP contribution is 2.24. The van der Waals surface area contributed by atoms with E-state index in [0.717, 1.165) is 10.2 Å². The first kappa shape index (κ1) is 11.6. The molecule has 0 radical (unpaired) electrons. The lowest BCUT2D eigenvalue weighted by Gasteiger charge is -2.21. The molecule has 6 heteroatoms. The van der Waals surface area contributed by atoms with Gasteiger partial charge in [0.25, 0.3) is 0 Å². The Kier molecular flexibility index (Phi) is 4.06. The maximum absolute atomic E-state index is 5.97. The summed E-state index contributed by atoms with van der Waals surface area (Å²) in [4.78, 5) is 0. The van der Waals surface area contributed by atoms with Crippen molar-refractivity contribution in [2.75, 3.05) is 14.2 Å². The van der Waals surface area contributed by atoms with Crippen LogP contribution < -0.4 is 5.73 Å². The molecule has 0 aliphatic rings. The first-order chi connectivity index (χ1) is 6.61. The van der Waals surface area contributed by atoms with Crippen molar-refractivity contribution < 1.29 is 9.47 Å². The first-order valence-electron chi connectivity index (χ1n) is 4.10. The molecular weight excluding hydrogens is 250 g/mol. The second kappa shape index (κ2) is 4.88. The standard InChI is InChI=1S/C8H14BrN3O2/c1-12-7(5(9)4-11-12)6(10)8(13-2)14-3/h4,6,8H,10H2,1-3H3. The fourth-order valence-electron chi connectivity index (χ4n) is 1.31. The van der Waals surface area contributed by atoms with Crippen molar-refractivity contribution in [2.24, 2.45) is 12.8 Å². The van der Waals surface area contributed by atoms with Gasteiger partial charge in [0, 0.05) is 21.3 Å². The molecule has 0 saturated heterocycles. The number of rotatable bonds is 4. The van der Waals surface area contributed by atoms with E-state index in [0.29, 0.717) is 0 Å². The molecule has 1 unspecified atom stereocenters. The molecule has 14 heavy (non-hydrogen) atoms. The summed E-state index contributed by atoms with van der Waals surface area (Å²) < 4.78 is 12.7. The Labute approximate surface area is 91.3 Å². The van der Waals surface area contributed by atoms with Gasteiger partial charge in [0.2, 0.25) is 0 Å². The molecule has 0 aliphatic carbocycles. The second-order valence-electron chi connectivity index (χ2n) is 2.87. The minimum atomic E-state index is -0.471. The van der Waals surface area contributed by atoms with Crippen LogP contribution in [0.1, 0.15) is 11.7 Å². The van der Waals surface area contributed by atoms with Crippen molar-refractivity contribution in [1.29, 1.82) is 0 Å². The van der Waals surface area contributed by atoms with E-state index in [9.17, 15) is 0 Å². The monoisotopic (exact) mass is 263 g/mol. The summed E-state index contributed by atoms with van der Waals surface area (Å²) in [5, 5.41) is 4.07. The van der Waals surface area contributed by atoms with E-state index in [1.165, 1.54) is 0 Å². The predicted octanol–water partition coefficient (Wildman–Crippen LogP) is 0.801. The number of nitrogens with zero attached hydrogens (tertiary/aromatic N) is 2. The van der Waals surface area contributed by atoms with E-state index in [1.54, 1.807) is 25.1 Å². The Morgan fingerprint density at radius 1 is 1.50 bits per heavy atom. The van der Waals surface area contributed by atoms with Crippen molar-refractivity contribution in [2.45, 2.75) is 12.3 Å². The topological polar surface area (TPSA) is 62.3 Å². The fraction of sp³-hybridized carbons (Fsp3) is 0.625. The molecule has 1 rings (SSSR count). The van der Waals surface area contributed by atoms with Crippen molar-refractivity contribution in [3.63, 3.8) is 0 Å². The average molecular weight is 264 g/mol. The van der Waals surface area contributed by atoms with E-state index in [2.05, 4.69) is 21.0 Å². The number of ether oxygens (including phenoxy) is 2. The molecule has 80 valence electrons. The van der Waals surface area contributed by atoms with E-state index in [-0.39, 0.29) is 6.04 Å². The molecule has 0 aromatic carbocycles. The lowest BCUT2D eigenvalue weighted by atomic mass is 10.2. The molecule has 1 heterocycles. The number of halogens is 1. The normalized spacial score (nSPS) is 13.6. The Morgan fingerprint density at radius 2 is 2.07 bits per heavy atom. The van der Waals surface area contributed by atoms with Gasteiger partial charge in [-0.05, 0) is 15.9 Å². The lowest BCUT2D eigenvalue weighted by Crippen LogP contribution is -2.31. The third-order valence-corrected chi connectivity index (χ3v) is 2.62. The summed E-state index contributed by atoms with van der Waals surface area (Å²) in [6.07, 6.45) is 1.22. The van der Waals surface area contributed by atoms with Crippen LogP contribution in [0.4, 0.5) is 0 Å². The minimum Gasteiger partial charge on any atom is -0.354 e. The summed E-state index contributed by atoms with van der Waals surface area (Å²) in [5.74, 6) is 0. The van der Waals surface area contributed by atoms with Gasteiger partial charge in [-0.25, -0.2) is 0 Å². The van der Waals surface area contributed by atoms with Gasteiger partial charge in [-0.15, -0.1) is 0 Å². The summed E-state index contributed by atoms with van der Waals surface area (Å²) in [7, 11) is 4.93. The van der Waals surface area contributed by atoms with Gasteiger partial charge in [0.1, 0.15) is 0 Å². The first-order valence-corrected chi connectivity index (χ1v) is 4.89. The van der Waals surface area contributed by atoms with Gasteiger partial charge in [0.15, 0.2) is 6.29 Å². The number of hydrogen-bond acceptors (Lipinski definition) is 4. The second-order valence-corrected chi connectivity index (χ2v) is 3.72. The van der Waals surface area contributed by atoms with Crippen LogP contribution in [0.3, 0.4) is 0 Å². The molecular formula is C8H14BrN3O2. The van der Waals surface area contributed by atoms with E-state index >= 15 is 0 Å². The summed E-state index contributed by atoms with van der Waals surface area (Å²) >= 11 is 3.37. The van der Waals surface area contributed by atoms with E-state index < -0.39 is 6.29 Å². The Balaban J connectivity index is 2.92. The van der Waals surface area contributed by atoms with E-state index in [1.807, 2.05) is 7.05 Å². The van der Waals surface area contributed by atoms with Crippen LogP contribution in [0, 0.1) is 0 Å². The molecule has 1 atom stereocenters. The SMILES string of the molecule is COC(OC)C(N)c1c(Br)cnn1C. The van der Waals surface area contributed by atoms with Gasteiger partial charge in [0.05, 0.1) is 22.4 Å². The molecule has 2 N–H and O–H groups in total. The molecule has 1 aromatic rings. The van der Waals surface area contributed by atoms with Crippen LogP contribution in [-0.2, 0) is 16.5 Å². The van der Waals surface area contributed by atoms with Crippen molar-refractivity contribution in [3.05, 3.63) is 16.4 Å². The van der Waals surface area contributed by atoms with Crippen LogP contribution in [-0.4, -0.2) is 30.3 Å². The zero-order valence-corrected chi connectivity index (χ0v) is 9.98.